The molecular formula is C22H24N3PS. The molecule has 1 heterocycles. The highest BCUT2D eigenvalue weighted by Gasteiger charge is 2.40. The van der Waals surface area contributed by atoms with Crippen LogP contribution < -0.4 is 10.6 Å². The number of allylic oxidation sites excluding steroid dienone is 1. The van der Waals surface area contributed by atoms with Crippen molar-refractivity contribution in [3.63, 3.8) is 0 Å². The van der Waals surface area contributed by atoms with Crippen LogP contribution in [0, 0.1) is 11.3 Å². The van der Waals surface area contributed by atoms with Gasteiger partial charge in [-0.05, 0) is 48.8 Å². The highest BCUT2D eigenvalue weighted by atomic mass is 32.2. The van der Waals surface area contributed by atoms with Crippen molar-refractivity contribution < 1.29 is 0 Å². The van der Waals surface area contributed by atoms with Gasteiger partial charge in [0, 0.05) is 5.70 Å². The van der Waals surface area contributed by atoms with Crippen LogP contribution in [-0.2, 0) is 4.75 Å². The van der Waals surface area contributed by atoms with Crippen LogP contribution >= 0.6 is 21.0 Å². The fourth-order valence-electron chi connectivity index (χ4n) is 3.12. The van der Waals surface area contributed by atoms with E-state index in [9.17, 15) is 0 Å². The van der Waals surface area contributed by atoms with Crippen molar-refractivity contribution in [1.82, 2.24) is 5.32 Å². The van der Waals surface area contributed by atoms with Gasteiger partial charge >= 0.3 is 0 Å². The topological polar surface area (TPSA) is 48.2 Å². The van der Waals surface area contributed by atoms with Crippen LogP contribution in [0.25, 0.3) is 0 Å². The van der Waals surface area contributed by atoms with Gasteiger partial charge in [-0.1, -0.05) is 61.2 Å². The largest absolute Gasteiger partial charge is 0.337 e. The van der Waals surface area contributed by atoms with Crippen LogP contribution in [0.3, 0.4) is 0 Å². The number of amidine groups is 1. The molecule has 3 atom stereocenters. The Bertz CT molecular complexity index is 910. The molecule has 0 aliphatic carbocycles. The van der Waals surface area contributed by atoms with Crippen LogP contribution in [0.2, 0.25) is 0 Å². The molecular weight excluding hydrogens is 369 g/mol. The molecule has 1 saturated heterocycles. The van der Waals surface area contributed by atoms with Crippen molar-refractivity contribution in [2.75, 3.05) is 0 Å². The lowest BCUT2D eigenvalue weighted by Crippen LogP contribution is -2.21. The van der Waals surface area contributed by atoms with Gasteiger partial charge in [0.15, 0.2) is 5.17 Å². The molecule has 5 heteroatoms. The maximum Gasteiger partial charge on any atom is 0.162 e. The third-order valence-electron chi connectivity index (χ3n) is 4.76. The summed E-state index contributed by atoms with van der Waals surface area (Å²) in [7, 11) is 2.71. The lowest BCUT2D eigenvalue weighted by molar-refractivity contribution is 0.775. The molecule has 3 nitrogen and oxygen atoms in total. The molecule has 0 radical (unpaired) electrons. The fourth-order valence-corrected chi connectivity index (χ4v) is 4.57. The Labute approximate surface area is 168 Å². The standard InChI is InChI=1S/C22H24N3PS/c1-4-5-20-22(3,18-10-6-16(14-23)7-11-18)27-21(25-20)24-15(2)17-8-12-19(26)13-9-17/h5-13,15H,4,26H2,1-3H3,(H,24,25)/b20-5-. The molecule has 1 aliphatic heterocycles. The summed E-state index contributed by atoms with van der Waals surface area (Å²) in [6.07, 6.45) is 3.18. The molecule has 27 heavy (non-hydrogen) atoms. The molecule has 3 unspecified atom stereocenters. The number of rotatable bonds is 4. The highest BCUT2D eigenvalue weighted by Crippen LogP contribution is 2.47. The summed E-state index contributed by atoms with van der Waals surface area (Å²) in [5, 5.41) is 14.7. The van der Waals surface area contributed by atoms with Crippen molar-refractivity contribution in [1.29, 1.82) is 5.26 Å². The van der Waals surface area contributed by atoms with E-state index >= 15 is 0 Å². The quantitative estimate of drug-likeness (QED) is 0.742. The van der Waals surface area contributed by atoms with Crippen LogP contribution in [-0.4, -0.2) is 5.17 Å². The van der Waals surface area contributed by atoms with E-state index in [-0.39, 0.29) is 10.8 Å². The minimum absolute atomic E-state index is 0.0804. The van der Waals surface area contributed by atoms with Crippen LogP contribution in [0.1, 0.15) is 49.9 Å². The summed E-state index contributed by atoms with van der Waals surface area (Å²) >= 11 is 1.74. The molecule has 0 bridgehead atoms. The van der Waals surface area contributed by atoms with Gasteiger partial charge in [0.25, 0.3) is 0 Å². The van der Waals surface area contributed by atoms with E-state index in [4.69, 9.17) is 10.3 Å². The number of aliphatic imine (C=N–C) groups is 1. The number of benzene rings is 2. The van der Waals surface area contributed by atoms with Gasteiger partial charge in [-0.25, -0.2) is 0 Å². The second-order valence-electron chi connectivity index (χ2n) is 6.75. The summed E-state index contributed by atoms with van der Waals surface area (Å²) in [6, 6.07) is 18.6. The molecule has 0 aromatic heterocycles. The van der Waals surface area contributed by atoms with Gasteiger partial charge < -0.3 is 5.32 Å². The summed E-state index contributed by atoms with van der Waals surface area (Å²) in [6.45, 7) is 6.47. The van der Waals surface area contributed by atoms with Gasteiger partial charge in [-0.3, -0.25) is 4.99 Å². The Morgan fingerprint density at radius 1 is 1.22 bits per heavy atom. The lowest BCUT2D eigenvalue weighted by atomic mass is 9.95. The fraction of sp³-hybridized carbons (Fsp3) is 0.273. The molecule has 3 rings (SSSR count). The van der Waals surface area contributed by atoms with Crippen LogP contribution in [0.4, 0.5) is 0 Å². The Hall–Kier alpha value is -2.08. The maximum absolute atomic E-state index is 9.06. The average Bonchev–Trinajstić information content (AvgIpc) is 2.99. The van der Waals surface area contributed by atoms with E-state index in [1.807, 2.05) is 24.3 Å². The van der Waals surface area contributed by atoms with Crippen LogP contribution in [0.5, 0.6) is 0 Å². The van der Waals surface area contributed by atoms with Crippen molar-refractivity contribution in [3.05, 3.63) is 77.0 Å². The van der Waals surface area contributed by atoms with Crippen molar-refractivity contribution in [3.8, 4) is 6.07 Å². The second kappa shape index (κ2) is 8.30. The molecule has 1 fully saturated rings. The van der Waals surface area contributed by atoms with E-state index < -0.39 is 0 Å². The molecule has 1 N–H and O–H groups in total. The van der Waals surface area contributed by atoms with Gasteiger partial charge in [0.1, 0.15) is 0 Å². The zero-order valence-electron chi connectivity index (χ0n) is 15.9. The molecule has 0 spiro atoms. The van der Waals surface area contributed by atoms with Crippen molar-refractivity contribution in [2.24, 2.45) is 4.99 Å². The summed E-state index contributed by atoms with van der Waals surface area (Å²) in [4.78, 5) is 4.93. The predicted molar refractivity (Wildman–Crippen MR) is 119 cm³/mol. The number of hydrogen-bond donors (Lipinski definition) is 1. The SMILES string of the molecule is CC/C=C1\NC(=NC(C)c2ccc(P)cc2)SC1(C)c1ccc(C#N)cc1. The number of nitrogens with one attached hydrogen (secondary N) is 1. The average molecular weight is 393 g/mol. The number of nitriles is 1. The Morgan fingerprint density at radius 3 is 2.48 bits per heavy atom. The first-order chi connectivity index (χ1) is 13.0. The predicted octanol–water partition coefficient (Wildman–Crippen LogP) is 5.02. The summed E-state index contributed by atoms with van der Waals surface area (Å²) in [5.74, 6) is 0. The summed E-state index contributed by atoms with van der Waals surface area (Å²) < 4.78 is -0.230. The van der Waals surface area contributed by atoms with E-state index in [1.54, 1.807) is 11.8 Å². The lowest BCUT2D eigenvalue weighted by Gasteiger charge is -2.24. The van der Waals surface area contributed by atoms with Gasteiger partial charge in [-0.15, -0.1) is 9.24 Å². The van der Waals surface area contributed by atoms with E-state index in [1.165, 1.54) is 16.4 Å². The van der Waals surface area contributed by atoms with Gasteiger partial charge in [0.2, 0.25) is 0 Å². The van der Waals surface area contributed by atoms with E-state index in [0.29, 0.717) is 5.56 Å². The summed E-state index contributed by atoms with van der Waals surface area (Å²) in [5.41, 5.74) is 4.21. The smallest absolute Gasteiger partial charge is 0.162 e. The molecule has 2 aromatic rings. The molecule has 0 amide bonds. The highest BCUT2D eigenvalue weighted by molar-refractivity contribution is 8.15. The Balaban J connectivity index is 1.90. The Kier molecular flexibility index (Phi) is 6.05. The molecule has 2 aromatic carbocycles. The van der Waals surface area contributed by atoms with Crippen molar-refractivity contribution >= 4 is 31.5 Å². The minimum atomic E-state index is -0.230. The first kappa shape index (κ1) is 19.7. The molecule has 0 saturated carbocycles. The zero-order valence-corrected chi connectivity index (χ0v) is 17.8. The first-order valence-electron chi connectivity index (χ1n) is 9.07. The molecule has 138 valence electrons. The maximum atomic E-state index is 9.06. The number of thioether (sulfide) groups is 1. The van der Waals surface area contributed by atoms with Gasteiger partial charge in [-0.2, -0.15) is 5.26 Å². The normalized spacial score (nSPS) is 23.2. The first-order valence-corrected chi connectivity index (χ1v) is 10.5. The minimum Gasteiger partial charge on any atom is -0.337 e. The zero-order chi connectivity index (χ0) is 19.4. The Morgan fingerprint density at radius 2 is 1.89 bits per heavy atom. The van der Waals surface area contributed by atoms with E-state index in [0.717, 1.165) is 17.3 Å². The van der Waals surface area contributed by atoms with E-state index in [2.05, 4.69) is 71.7 Å². The number of hydrogen-bond acceptors (Lipinski definition) is 3. The van der Waals surface area contributed by atoms with Gasteiger partial charge in [0.05, 0.1) is 22.4 Å². The molecule has 1 aliphatic rings. The third-order valence-corrected chi connectivity index (χ3v) is 6.41. The number of nitrogens with zero attached hydrogens (tertiary/aromatic N) is 2. The van der Waals surface area contributed by atoms with Crippen LogP contribution in [0.15, 0.2) is 65.3 Å². The third kappa shape index (κ3) is 4.26. The second-order valence-corrected chi connectivity index (χ2v) is 8.83. The van der Waals surface area contributed by atoms with Crippen molar-refractivity contribution in [2.45, 2.75) is 38.0 Å². The monoisotopic (exact) mass is 393 g/mol.